The summed E-state index contributed by atoms with van der Waals surface area (Å²) in [7, 11) is 1.14. The predicted molar refractivity (Wildman–Crippen MR) is 59.1 cm³/mol. The molecule has 0 unspecified atom stereocenters. The fraction of sp³-hybridized carbons (Fsp3) is 0.111. The van der Waals surface area contributed by atoms with Crippen LogP contribution in [0.15, 0.2) is 23.2 Å². The van der Waals surface area contributed by atoms with E-state index in [1.54, 1.807) is 0 Å². The zero-order valence-electron chi connectivity index (χ0n) is 8.17. The first-order valence-corrected chi connectivity index (χ1v) is 4.46. The molecule has 16 heavy (non-hydrogen) atoms. The summed E-state index contributed by atoms with van der Waals surface area (Å²) >= 11 is 4.36. The van der Waals surface area contributed by atoms with Crippen LogP contribution in [-0.4, -0.2) is 23.2 Å². The molecule has 0 aliphatic rings. The Balaban J connectivity index is 3.50. The highest BCUT2D eigenvalue weighted by molar-refractivity contribution is 7.78. The number of hydrogen-bond donors (Lipinski definition) is 0. The number of thiocarbonyl (C=S) groups is 1. The van der Waals surface area contributed by atoms with Gasteiger partial charge in [-0.05, 0) is 24.4 Å². The first-order chi connectivity index (χ1) is 7.61. The lowest BCUT2D eigenvalue weighted by atomic mass is 10.1. The third kappa shape index (κ3) is 2.28. The maximum atomic E-state index is 11.3. The van der Waals surface area contributed by atoms with Gasteiger partial charge in [0.15, 0.2) is 5.69 Å². The van der Waals surface area contributed by atoms with Crippen LogP contribution >= 0.6 is 12.2 Å². The molecule has 0 spiro atoms. The highest BCUT2D eigenvalue weighted by Crippen LogP contribution is 2.31. The molecule has 0 atom stereocenters. The molecule has 0 fully saturated rings. The second kappa shape index (κ2) is 5.11. The number of ether oxygens (including phenoxy) is 1. The lowest BCUT2D eigenvalue weighted by Gasteiger charge is -2.02. The summed E-state index contributed by atoms with van der Waals surface area (Å²) in [5.74, 6) is -0.798. The van der Waals surface area contributed by atoms with Crippen molar-refractivity contribution < 1.29 is 14.5 Å². The smallest absolute Gasteiger partial charge is 0.344 e. The Morgan fingerprint density at radius 3 is 2.81 bits per heavy atom. The molecule has 0 amide bonds. The van der Waals surface area contributed by atoms with E-state index in [0.29, 0.717) is 0 Å². The van der Waals surface area contributed by atoms with Gasteiger partial charge >= 0.3 is 11.7 Å². The molecule has 1 aromatic carbocycles. The molecule has 0 saturated carbocycles. The Labute approximate surface area is 95.7 Å². The van der Waals surface area contributed by atoms with Crippen LogP contribution in [0.4, 0.5) is 11.4 Å². The molecule has 0 bridgehead atoms. The molecule has 0 aliphatic carbocycles. The van der Waals surface area contributed by atoms with Gasteiger partial charge in [-0.3, -0.25) is 10.1 Å². The van der Waals surface area contributed by atoms with E-state index in [4.69, 9.17) is 0 Å². The number of para-hydroxylation sites is 1. The van der Waals surface area contributed by atoms with Crippen LogP contribution < -0.4 is 0 Å². The highest BCUT2D eigenvalue weighted by atomic mass is 32.1. The summed E-state index contributed by atoms with van der Waals surface area (Å²) in [6.07, 6.45) is 0. The van der Waals surface area contributed by atoms with E-state index in [1.807, 2.05) is 5.16 Å². The normalized spacial score (nSPS) is 9.06. The molecule has 0 N–H and O–H groups in total. The number of nitrogens with zero attached hydrogens (tertiary/aromatic N) is 2. The molecule has 1 aromatic rings. The lowest BCUT2D eigenvalue weighted by Crippen LogP contribution is -2.05. The van der Waals surface area contributed by atoms with Crippen molar-refractivity contribution in [1.82, 2.24) is 0 Å². The number of aliphatic imine (C=N–C) groups is 1. The number of isothiocyanates is 1. The molecular formula is C9H6N2O4S. The van der Waals surface area contributed by atoms with Gasteiger partial charge in [0.05, 0.1) is 17.2 Å². The Hall–Kier alpha value is -2.11. The van der Waals surface area contributed by atoms with Gasteiger partial charge in [-0.1, -0.05) is 6.07 Å². The monoisotopic (exact) mass is 238 g/mol. The maximum Gasteiger partial charge on any atom is 0.344 e. The van der Waals surface area contributed by atoms with Gasteiger partial charge in [-0.25, -0.2) is 4.79 Å². The molecule has 0 radical (unpaired) electrons. The number of hydrogen-bond acceptors (Lipinski definition) is 6. The Kier molecular flexibility index (Phi) is 3.82. The van der Waals surface area contributed by atoms with E-state index >= 15 is 0 Å². The van der Waals surface area contributed by atoms with Gasteiger partial charge in [0.25, 0.3) is 0 Å². The maximum absolute atomic E-state index is 11.3. The highest BCUT2D eigenvalue weighted by Gasteiger charge is 2.24. The van der Waals surface area contributed by atoms with E-state index in [-0.39, 0.29) is 11.3 Å². The first kappa shape index (κ1) is 12.0. The van der Waals surface area contributed by atoms with Crippen LogP contribution in [0.25, 0.3) is 0 Å². The zero-order valence-corrected chi connectivity index (χ0v) is 8.98. The van der Waals surface area contributed by atoms with E-state index < -0.39 is 16.6 Å². The topological polar surface area (TPSA) is 81.8 Å². The van der Waals surface area contributed by atoms with E-state index in [9.17, 15) is 14.9 Å². The Morgan fingerprint density at radius 1 is 1.62 bits per heavy atom. The summed E-state index contributed by atoms with van der Waals surface area (Å²) < 4.78 is 4.43. The largest absolute Gasteiger partial charge is 0.465 e. The van der Waals surface area contributed by atoms with Crippen molar-refractivity contribution in [1.29, 1.82) is 0 Å². The van der Waals surface area contributed by atoms with Crippen LogP contribution in [0.2, 0.25) is 0 Å². The summed E-state index contributed by atoms with van der Waals surface area (Å²) in [6, 6.07) is 4.10. The molecule has 6 nitrogen and oxygen atoms in total. The van der Waals surface area contributed by atoms with Crippen molar-refractivity contribution in [3.05, 3.63) is 33.9 Å². The number of nitro benzene ring substituents is 1. The van der Waals surface area contributed by atoms with Crippen molar-refractivity contribution in [3.8, 4) is 0 Å². The molecule has 82 valence electrons. The minimum atomic E-state index is -0.798. The number of carbonyl (C=O) groups excluding carboxylic acids is 1. The Morgan fingerprint density at radius 2 is 2.31 bits per heavy atom. The quantitative estimate of drug-likeness (QED) is 0.265. The molecule has 0 aliphatic heterocycles. The zero-order chi connectivity index (χ0) is 12.1. The van der Waals surface area contributed by atoms with Gasteiger partial charge in [-0.15, -0.1) is 0 Å². The molecule has 0 heterocycles. The average Bonchev–Trinajstić information content (AvgIpc) is 2.27. The van der Waals surface area contributed by atoms with E-state index in [0.717, 1.165) is 7.11 Å². The van der Waals surface area contributed by atoms with E-state index in [1.165, 1.54) is 18.2 Å². The number of methoxy groups -OCH3 is 1. The van der Waals surface area contributed by atoms with Gasteiger partial charge in [-0.2, -0.15) is 4.99 Å². The van der Waals surface area contributed by atoms with Crippen molar-refractivity contribution in [2.45, 2.75) is 0 Å². The van der Waals surface area contributed by atoms with Crippen molar-refractivity contribution in [2.75, 3.05) is 7.11 Å². The summed E-state index contributed by atoms with van der Waals surface area (Å²) in [5, 5.41) is 12.8. The van der Waals surface area contributed by atoms with Crippen LogP contribution in [0.3, 0.4) is 0 Å². The number of esters is 1. The second-order valence-corrected chi connectivity index (χ2v) is 2.81. The van der Waals surface area contributed by atoms with Gasteiger partial charge < -0.3 is 4.74 Å². The Bertz CT molecular complexity index is 494. The van der Waals surface area contributed by atoms with Crippen LogP contribution in [0.5, 0.6) is 0 Å². The summed E-state index contributed by atoms with van der Waals surface area (Å²) in [6.45, 7) is 0. The summed E-state index contributed by atoms with van der Waals surface area (Å²) in [4.78, 5) is 24.9. The number of carbonyl (C=O) groups is 1. The van der Waals surface area contributed by atoms with Crippen molar-refractivity contribution in [3.63, 3.8) is 0 Å². The van der Waals surface area contributed by atoms with Gasteiger partial charge in [0.1, 0.15) is 5.56 Å². The minimum Gasteiger partial charge on any atom is -0.465 e. The van der Waals surface area contributed by atoms with Gasteiger partial charge in [0.2, 0.25) is 0 Å². The SMILES string of the molecule is COC(=O)c1cccc(N=C=S)c1[N+](=O)[O-]. The standard InChI is InChI=1S/C9H6N2O4S/c1-15-9(12)6-3-2-4-7(10-5-16)8(6)11(13)14/h2-4H,1H3. The average molecular weight is 238 g/mol. The predicted octanol–water partition coefficient (Wildman–Crippen LogP) is 2.12. The fourth-order valence-electron chi connectivity index (χ4n) is 1.14. The molecular weight excluding hydrogens is 232 g/mol. The minimum absolute atomic E-state index is 0.0251. The number of nitro groups is 1. The summed E-state index contributed by atoms with van der Waals surface area (Å²) in [5.41, 5.74) is -0.631. The lowest BCUT2D eigenvalue weighted by molar-refractivity contribution is -0.384. The number of rotatable bonds is 3. The van der Waals surface area contributed by atoms with Crippen LogP contribution in [0, 0.1) is 10.1 Å². The molecule has 0 aromatic heterocycles. The van der Waals surface area contributed by atoms with E-state index in [2.05, 4.69) is 21.9 Å². The molecule has 1 rings (SSSR count). The fourth-order valence-corrected chi connectivity index (χ4v) is 1.24. The second-order valence-electron chi connectivity index (χ2n) is 2.63. The van der Waals surface area contributed by atoms with Crippen molar-refractivity contribution in [2.24, 2.45) is 4.99 Å². The van der Waals surface area contributed by atoms with Crippen molar-refractivity contribution >= 4 is 34.7 Å². The third-order valence-electron chi connectivity index (χ3n) is 1.77. The van der Waals surface area contributed by atoms with Crippen LogP contribution in [0.1, 0.15) is 10.4 Å². The van der Waals surface area contributed by atoms with Crippen LogP contribution in [-0.2, 0) is 4.74 Å². The first-order valence-electron chi connectivity index (χ1n) is 4.05. The molecule has 0 saturated heterocycles. The number of benzene rings is 1. The van der Waals surface area contributed by atoms with Gasteiger partial charge in [0, 0.05) is 0 Å². The third-order valence-corrected chi connectivity index (χ3v) is 1.86. The molecule has 7 heteroatoms.